The van der Waals surface area contributed by atoms with Crippen molar-refractivity contribution < 1.29 is 19.6 Å². The molecule has 1 saturated heterocycles. The summed E-state index contributed by atoms with van der Waals surface area (Å²) >= 11 is 6.26. The average molecular weight is 449 g/mol. The van der Waals surface area contributed by atoms with Gasteiger partial charge in [-0.1, -0.05) is 48.0 Å². The normalized spacial score (nSPS) is 17.6. The zero-order chi connectivity index (χ0) is 23.0. The first-order valence-electron chi connectivity index (χ1n) is 9.66. The molecule has 0 bridgehead atoms. The van der Waals surface area contributed by atoms with Crippen LogP contribution < -0.4 is 4.90 Å². The van der Waals surface area contributed by atoms with Crippen molar-refractivity contribution >= 4 is 40.4 Å². The minimum atomic E-state index is -0.991. The molecule has 0 spiro atoms. The molecular formula is C24H17ClN2O5. The van der Waals surface area contributed by atoms with Crippen LogP contribution in [0.25, 0.3) is 5.76 Å². The van der Waals surface area contributed by atoms with E-state index in [1.165, 1.54) is 29.2 Å². The van der Waals surface area contributed by atoms with Crippen LogP contribution in [0, 0.1) is 17.0 Å². The van der Waals surface area contributed by atoms with E-state index in [9.17, 15) is 24.8 Å². The van der Waals surface area contributed by atoms with Gasteiger partial charge in [-0.15, -0.1) is 0 Å². The summed E-state index contributed by atoms with van der Waals surface area (Å²) in [6.45, 7) is 1.81. The molecule has 0 saturated carbocycles. The Bertz CT molecular complexity index is 1270. The van der Waals surface area contributed by atoms with E-state index >= 15 is 0 Å². The first kappa shape index (κ1) is 21.3. The molecule has 3 aromatic carbocycles. The summed E-state index contributed by atoms with van der Waals surface area (Å²) in [5.74, 6) is -2.01. The number of nitro benzene ring substituents is 1. The second kappa shape index (κ2) is 8.28. The van der Waals surface area contributed by atoms with Crippen molar-refractivity contribution in [3.8, 4) is 0 Å². The van der Waals surface area contributed by atoms with E-state index in [2.05, 4.69) is 0 Å². The molecule has 160 valence electrons. The number of benzene rings is 3. The lowest BCUT2D eigenvalue weighted by molar-refractivity contribution is -0.384. The molecule has 8 heteroatoms. The zero-order valence-corrected chi connectivity index (χ0v) is 17.6. The number of aryl methyl sites for hydroxylation is 1. The van der Waals surface area contributed by atoms with Crippen molar-refractivity contribution in [1.29, 1.82) is 0 Å². The van der Waals surface area contributed by atoms with Gasteiger partial charge in [0.05, 0.1) is 16.5 Å². The lowest BCUT2D eigenvalue weighted by atomic mass is 9.95. The van der Waals surface area contributed by atoms with Gasteiger partial charge in [0.1, 0.15) is 5.76 Å². The first-order valence-corrected chi connectivity index (χ1v) is 10.0. The van der Waals surface area contributed by atoms with E-state index in [4.69, 9.17) is 11.6 Å². The molecule has 1 heterocycles. The fraction of sp³-hybridized carbons (Fsp3) is 0.0833. The molecule has 1 aliphatic rings. The molecule has 4 rings (SSSR count). The van der Waals surface area contributed by atoms with E-state index in [0.717, 1.165) is 5.56 Å². The number of carbonyl (C=O) groups excluding carboxylic acids is 2. The fourth-order valence-corrected chi connectivity index (χ4v) is 3.85. The van der Waals surface area contributed by atoms with Gasteiger partial charge in [-0.2, -0.15) is 0 Å². The van der Waals surface area contributed by atoms with E-state index in [-0.39, 0.29) is 17.0 Å². The molecule has 1 fully saturated rings. The number of amides is 1. The number of nitrogens with zero attached hydrogens (tertiary/aromatic N) is 2. The number of anilines is 1. The number of non-ortho nitro benzene ring substituents is 1. The maximum atomic E-state index is 13.1. The monoisotopic (exact) mass is 448 g/mol. The van der Waals surface area contributed by atoms with Gasteiger partial charge in [0, 0.05) is 28.4 Å². The second-order valence-corrected chi connectivity index (χ2v) is 7.72. The van der Waals surface area contributed by atoms with E-state index in [1.807, 2.05) is 6.92 Å². The third-order valence-corrected chi connectivity index (χ3v) is 5.75. The Labute approximate surface area is 188 Å². The largest absolute Gasteiger partial charge is 0.507 e. The molecule has 0 aromatic heterocycles. The van der Waals surface area contributed by atoms with Gasteiger partial charge in [-0.25, -0.2) is 0 Å². The van der Waals surface area contributed by atoms with Crippen LogP contribution in [0.4, 0.5) is 11.4 Å². The molecule has 0 radical (unpaired) electrons. The van der Waals surface area contributed by atoms with Gasteiger partial charge in [0.15, 0.2) is 0 Å². The third kappa shape index (κ3) is 3.63. The number of hydrogen-bond donors (Lipinski definition) is 1. The van der Waals surface area contributed by atoms with Gasteiger partial charge in [-0.3, -0.25) is 24.6 Å². The molecule has 7 nitrogen and oxygen atoms in total. The number of nitro groups is 1. The molecule has 1 atom stereocenters. The summed E-state index contributed by atoms with van der Waals surface area (Å²) in [6, 6.07) is 17.9. The predicted molar refractivity (Wildman–Crippen MR) is 121 cm³/mol. The van der Waals surface area contributed by atoms with Crippen molar-refractivity contribution in [3.05, 3.63) is 110 Å². The molecule has 1 N–H and O–H groups in total. The Hall–Kier alpha value is -3.97. The number of hydrogen-bond acceptors (Lipinski definition) is 5. The van der Waals surface area contributed by atoms with Gasteiger partial charge < -0.3 is 5.11 Å². The summed E-state index contributed by atoms with van der Waals surface area (Å²) in [5, 5.41) is 22.5. The average Bonchev–Trinajstić information content (AvgIpc) is 3.06. The Morgan fingerprint density at radius 1 is 1.03 bits per heavy atom. The smallest absolute Gasteiger partial charge is 0.300 e. The van der Waals surface area contributed by atoms with Gasteiger partial charge in [0.25, 0.3) is 17.4 Å². The highest BCUT2D eigenvalue weighted by molar-refractivity contribution is 6.51. The van der Waals surface area contributed by atoms with Crippen LogP contribution in [0.1, 0.15) is 22.7 Å². The maximum Gasteiger partial charge on any atom is 0.300 e. The third-order valence-electron chi connectivity index (χ3n) is 5.34. The van der Waals surface area contributed by atoms with Crippen molar-refractivity contribution in [2.45, 2.75) is 13.0 Å². The summed E-state index contributed by atoms with van der Waals surface area (Å²) in [4.78, 5) is 37.9. The van der Waals surface area contributed by atoms with Crippen LogP contribution in [-0.4, -0.2) is 21.7 Å². The van der Waals surface area contributed by atoms with Gasteiger partial charge in [0.2, 0.25) is 0 Å². The fourth-order valence-electron chi connectivity index (χ4n) is 3.68. The Morgan fingerprint density at radius 3 is 2.28 bits per heavy atom. The lowest BCUT2D eigenvalue weighted by Crippen LogP contribution is -2.29. The number of Topliss-reactive ketones (excluding diaryl/α,β-unsaturated/α-hetero) is 1. The van der Waals surface area contributed by atoms with Gasteiger partial charge in [-0.05, 0) is 42.3 Å². The molecule has 32 heavy (non-hydrogen) atoms. The topological polar surface area (TPSA) is 101 Å². The predicted octanol–water partition coefficient (Wildman–Crippen LogP) is 5.18. The number of aliphatic hydroxyl groups excluding tert-OH is 1. The van der Waals surface area contributed by atoms with Crippen molar-refractivity contribution in [2.75, 3.05) is 4.90 Å². The summed E-state index contributed by atoms with van der Waals surface area (Å²) in [5.41, 5.74) is 1.74. The quantitative estimate of drug-likeness (QED) is 0.195. The second-order valence-electron chi connectivity index (χ2n) is 7.32. The molecule has 0 aliphatic carbocycles. The first-order chi connectivity index (χ1) is 15.3. The standard InChI is InChI=1S/C24H17ClN2O5/c1-14-7-10-18(13-19(14)25)26-21(15-8-11-17(12-9-15)27(31)32)20(23(29)24(26)30)22(28)16-5-3-2-4-6-16/h2-13,21,28H,1H3. The van der Waals surface area contributed by atoms with Crippen LogP contribution in [0.15, 0.2) is 78.4 Å². The summed E-state index contributed by atoms with van der Waals surface area (Å²) in [7, 11) is 0. The summed E-state index contributed by atoms with van der Waals surface area (Å²) in [6.07, 6.45) is 0. The highest BCUT2D eigenvalue weighted by Crippen LogP contribution is 2.43. The highest BCUT2D eigenvalue weighted by Gasteiger charge is 2.47. The Balaban J connectivity index is 1.94. The van der Waals surface area contributed by atoms with Crippen LogP contribution in [-0.2, 0) is 9.59 Å². The van der Waals surface area contributed by atoms with Crippen LogP contribution in [0.2, 0.25) is 5.02 Å². The SMILES string of the molecule is Cc1ccc(N2C(=O)C(=O)C(=C(O)c3ccccc3)C2c2ccc([N+](=O)[O-])cc2)cc1Cl. The Kier molecular flexibility index (Phi) is 5.50. The summed E-state index contributed by atoms with van der Waals surface area (Å²) < 4.78 is 0. The van der Waals surface area contributed by atoms with Crippen molar-refractivity contribution in [1.82, 2.24) is 0 Å². The van der Waals surface area contributed by atoms with E-state index in [1.54, 1.807) is 48.5 Å². The molecule has 3 aromatic rings. The van der Waals surface area contributed by atoms with Crippen molar-refractivity contribution in [2.24, 2.45) is 0 Å². The highest BCUT2D eigenvalue weighted by atomic mass is 35.5. The Morgan fingerprint density at radius 2 is 1.69 bits per heavy atom. The molecular weight excluding hydrogens is 432 g/mol. The number of ketones is 1. The minimum absolute atomic E-state index is 0.105. The van der Waals surface area contributed by atoms with Crippen LogP contribution in [0.5, 0.6) is 0 Å². The minimum Gasteiger partial charge on any atom is -0.507 e. The molecule has 1 unspecified atom stereocenters. The molecule has 1 amide bonds. The van der Waals surface area contributed by atoms with Gasteiger partial charge >= 0.3 is 0 Å². The van der Waals surface area contributed by atoms with Crippen LogP contribution >= 0.6 is 11.6 Å². The number of rotatable bonds is 4. The maximum absolute atomic E-state index is 13.1. The zero-order valence-electron chi connectivity index (χ0n) is 16.9. The van der Waals surface area contributed by atoms with Crippen LogP contribution in [0.3, 0.4) is 0 Å². The van der Waals surface area contributed by atoms with Crippen molar-refractivity contribution in [3.63, 3.8) is 0 Å². The van der Waals surface area contributed by atoms with E-state index < -0.39 is 22.7 Å². The number of halogens is 1. The lowest BCUT2D eigenvalue weighted by Gasteiger charge is -2.25. The number of aliphatic hydroxyl groups is 1. The number of carbonyl (C=O) groups is 2. The van der Waals surface area contributed by atoms with E-state index in [0.29, 0.717) is 21.8 Å². The molecule has 1 aliphatic heterocycles.